The van der Waals surface area contributed by atoms with Gasteiger partial charge >= 0.3 is 0 Å². The van der Waals surface area contributed by atoms with E-state index in [1.165, 1.54) is 19.2 Å². The monoisotopic (exact) mass is 469 g/mol. The molecule has 2 N–H and O–H groups in total. The molecule has 2 aromatic heterocycles. The van der Waals surface area contributed by atoms with Crippen LogP contribution in [0.5, 0.6) is 5.75 Å². The fourth-order valence-electron chi connectivity index (χ4n) is 3.99. The molecule has 1 amide bonds. The number of hydrogen-bond donors (Lipinski definition) is 2. The number of nitrogens with one attached hydrogen (secondary N) is 2. The van der Waals surface area contributed by atoms with E-state index in [-0.39, 0.29) is 17.8 Å². The molecule has 34 heavy (non-hydrogen) atoms. The molecule has 0 fully saturated rings. The van der Waals surface area contributed by atoms with E-state index in [9.17, 15) is 9.18 Å². The molecular formula is C23H28FN7O3. The van der Waals surface area contributed by atoms with Crippen molar-refractivity contribution in [3.05, 3.63) is 53.2 Å². The van der Waals surface area contributed by atoms with Crippen LogP contribution in [0.2, 0.25) is 0 Å². The van der Waals surface area contributed by atoms with Gasteiger partial charge in [0, 0.05) is 44.1 Å². The van der Waals surface area contributed by atoms with Crippen LogP contribution in [-0.4, -0.2) is 59.1 Å². The van der Waals surface area contributed by atoms with E-state index < -0.39 is 6.04 Å². The number of benzene rings is 1. The van der Waals surface area contributed by atoms with Crippen molar-refractivity contribution in [2.24, 2.45) is 0 Å². The fourth-order valence-corrected chi connectivity index (χ4v) is 3.99. The van der Waals surface area contributed by atoms with E-state index in [1.54, 1.807) is 24.1 Å². The average Bonchev–Trinajstić information content (AvgIpc) is 3.26. The van der Waals surface area contributed by atoms with Gasteiger partial charge in [0.1, 0.15) is 23.3 Å². The maximum Gasteiger partial charge on any atom is 0.249 e. The first kappa shape index (κ1) is 23.4. The molecule has 0 spiro atoms. The minimum absolute atomic E-state index is 0.151. The van der Waals surface area contributed by atoms with Crippen LogP contribution in [0.15, 0.2) is 30.6 Å². The Labute approximate surface area is 197 Å². The summed E-state index contributed by atoms with van der Waals surface area (Å²) in [7, 11) is 4.91. The number of carbonyl (C=O) groups is 1. The molecule has 0 aliphatic carbocycles. The Morgan fingerprint density at radius 1 is 1.29 bits per heavy atom. The summed E-state index contributed by atoms with van der Waals surface area (Å²) in [6.07, 6.45) is 3.33. The summed E-state index contributed by atoms with van der Waals surface area (Å²) >= 11 is 0. The van der Waals surface area contributed by atoms with Crippen LogP contribution in [0.3, 0.4) is 0 Å². The Hall–Kier alpha value is -3.73. The molecule has 4 rings (SSSR count). The van der Waals surface area contributed by atoms with E-state index in [0.29, 0.717) is 42.0 Å². The summed E-state index contributed by atoms with van der Waals surface area (Å²) < 4.78 is 25.8. The summed E-state index contributed by atoms with van der Waals surface area (Å²) in [6, 6.07) is 3.94. The topological polar surface area (TPSA) is 106 Å². The molecule has 3 heterocycles. The van der Waals surface area contributed by atoms with Crippen LogP contribution in [0, 0.1) is 12.7 Å². The lowest BCUT2D eigenvalue weighted by molar-refractivity contribution is -0.120. The van der Waals surface area contributed by atoms with Crippen molar-refractivity contribution in [3.63, 3.8) is 0 Å². The van der Waals surface area contributed by atoms with Gasteiger partial charge in [-0.05, 0) is 19.9 Å². The van der Waals surface area contributed by atoms with Gasteiger partial charge in [0.15, 0.2) is 5.82 Å². The lowest BCUT2D eigenvalue weighted by Gasteiger charge is -2.37. The zero-order valence-electron chi connectivity index (χ0n) is 19.8. The molecule has 11 heteroatoms. The van der Waals surface area contributed by atoms with Gasteiger partial charge in [-0.3, -0.25) is 9.48 Å². The number of amides is 1. The number of halogens is 1. The summed E-state index contributed by atoms with van der Waals surface area (Å²) in [5, 5.41) is 10.5. The second-order valence-electron chi connectivity index (χ2n) is 8.17. The molecule has 3 aromatic rings. The zero-order valence-corrected chi connectivity index (χ0v) is 19.8. The van der Waals surface area contributed by atoms with Crippen LogP contribution in [0.25, 0.3) is 0 Å². The predicted molar refractivity (Wildman–Crippen MR) is 126 cm³/mol. The van der Waals surface area contributed by atoms with Crippen LogP contribution in [0.4, 0.5) is 21.8 Å². The van der Waals surface area contributed by atoms with Crippen molar-refractivity contribution in [2.45, 2.75) is 39.1 Å². The molecule has 1 aromatic carbocycles. The summed E-state index contributed by atoms with van der Waals surface area (Å²) in [4.78, 5) is 23.5. The van der Waals surface area contributed by atoms with Crippen molar-refractivity contribution in [1.82, 2.24) is 19.7 Å². The lowest BCUT2D eigenvalue weighted by Crippen LogP contribution is -2.53. The minimum atomic E-state index is -0.499. The van der Waals surface area contributed by atoms with E-state index in [1.807, 2.05) is 32.0 Å². The number of anilines is 3. The number of hydrogen-bond acceptors (Lipinski definition) is 8. The third-order valence-electron chi connectivity index (χ3n) is 5.87. The maximum absolute atomic E-state index is 13.4. The molecule has 10 nitrogen and oxygen atoms in total. The molecule has 1 aliphatic heterocycles. The number of aryl methyl sites for hydroxylation is 1. The average molecular weight is 470 g/mol. The van der Waals surface area contributed by atoms with Crippen LogP contribution in [-0.2, 0) is 22.6 Å². The van der Waals surface area contributed by atoms with E-state index in [4.69, 9.17) is 9.47 Å². The van der Waals surface area contributed by atoms with Gasteiger partial charge < -0.3 is 25.0 Å². The number of aromatic nitrogens is 4. The van der Waals surface area contributed by atoms with Crippen molar-refractivity contribution < 1.29 is 18.7 Å². The van der Waals surface area contributed by atoms with Crippen LogP contribution >= 0.6 is 0 Å². The Morgan fingerprint density at radius 3 is 2.82 bits per heavy atom. The maximum atomic E-state index is 13.4. The van der Waals surface area contributed by atoms with Gasteiger partial charge in [-0.25, -0.2) is 9.37 Å². The van der Waals surface area contributed by atoms with Gasteiger partial charge in [0.2, 0.25) is 11.9 Å². The molecule has 0 saturated carbocycles. The Bertz CT molecular complexity index is 1200. The molecule has 0 radical (unpaired) electrons. The number of methoxy groups -OCH3 is 2. The lowest BCUT2D eigenvalue weighted by atomic mass is 10.1. The Kier molecular flexibility index (Phi) is 6.64. The minimum Gasteiger partial charge on any atom is -0.496 e. The first-order valence-corrected chi connectivity index (χ1v) is 10.8. The Balaban J connectivity index is 1.47. The quantitative estimate of drug-likeness (QED) is 0.519. The number of ether oxygens (including phenoxy) is 2. The van der Waals surface area contributed by atoms with Gasteiger partial charge in [0.05, 0.1) is 31.6 Å². The highest BCUT2D eigenvalue weighted by Gasteiger charge is 2.37. The SMILES string of the molecule is COc1cc(F)ccc1Cn1cc(CNc2nc(C)c3c(n2)N(C)[C@@H]([C@@H](C)OC)C(=O)N3)cn1. The normalized spacial score (nSPS) is 16.1. The third kappa shape index (κ3) is 4.65. The van der Waals surface area contributed by atoms with Gasteiger partial charge in [-0.2, -0.15) is 10.1 Å². The Morgan fingerprint density at radius 2 is 2.09 bits per heavy atom. The molecule has 1 aliphatic rings. The summed E-state index contributed by atoms with van der Waals surface area (Å²) in [5.74, 6) is 1.05. The van der Waals surface area contributed by atoms with Crippen LogP contribution in [0.1, 0.15) is 23.7 Å². The molecule has 0 saturated heterocycles. The number of likely N-dealkylation sites (N-methyl/N-ethyl adjacent to an activating group) is 1. The number of fused-ring (bicyclic) bond motifs is 1. The highest BCUT2D eigenvalue weighted by atomic mass is 19.1. The predicted octanol–water partition coefficient (Wildman–Crippen LogP) is 2.58. The molecule has 0 unspecified atom stereocenters. The number of nitrogens with zero attached hydrogens (tertiary/aromatic N) is 5. The standard InChI is InChI=1S/C23H28FN7O3/c1-13-19-21(30(3)20(14(2)33-4)22(32)28-19)29-23(27-13)25-9-15-10-26-31(11-15)12-16-6-7-17(24)8-18(16)34-5/h6-8,10-11,14,20H,9,12H2,1-5H3,(H,28,32)(H,25,27,29)/t14-,20+/m1/s1. The second kappa shape index (κ2) is 9.64. The molecule has 0 bridgehead atoms. The van der Waals surface area contributed by atoms with Crippen molar-refractivity contribution in [2.75, 3.05) is 36.8 Å². The molecular weight excluding hydrogens is 441 g/mol. The van der Waals surface area contributed by atoms with Crippen LogP contribution < -0.4 is 20.3 Å². The number of rotatable bonds is 8. The number of carbonyl (C=O) groups excluding carboxylic acids is 1. The zero-order chi connectivity index (χ0) is 24.4. The van der Waals surface area contributed by atoms with E-state index >= 15 is 0 Å². The summed E-state index contributed by atoms with van der Waals surface area (Å²) in [6.45, 7) is 4.57. The van der Waals surface area contributed by atoms with Crippen molar-refractivity contribution >= 4 is 23.4 Å². The molecule has 2 atom stereocenters. The van der Waals surface area contributed by atoms with E-state index in [0.717, 1.165) is 11.1 Å². The largest absolute Gasteiger partial charge is 0.496 e. The first-order chi connectivity index (χ1) is 16.3. The van der Waals surface area contributed by atoms with Crippen molar-refractivity contribution in [1.29, 1.82) is 0 Å². The van der Waals surface area contributed by atoms with Crippen molar-refractivity contribution in [3.8, 4) is 5.75 Å². The first-order valence-electron chi connectivity index (χ1n) is 10.8. The molecule has 180 valence electrons. The fraction of sp³-hybridized carbons (Fsp3) is 0.391. The van der Waals surface area contributed by atoms with Gasteiger partial charge in [-0.1, -0.05) is 6.07 Å². The second-order valence-corrected chi connectivity index (χ2v) is 8.17. The highest BCUT2D eigenvalue weighted by molar-refractivity contribution is 6.03. The smallest absolute Gasteiger partial charge is 0.249 e. The van der Waals surface area contributed by atoms with E-state index in [2.05, 4.69) is 25.7 Å². The third-order valence-corrected chi connectivity index (χ3v) is 5.87. The van der Waals surface area contributed by atoms with Gasteiger partial charge in [0.25, 0.3) is 0 Å². The highest BCUT2D eigenvalue weighted by Crippen LogP contribution is 2.33. The summed E-state index contributed by atoms with van der Waals surface area (Å²) in [5.41, 5.74) is 3.01. The van der Waals surface area contributed by atoms with Gasteiger partial charge in [-0.15, -0.1) is 0 Å².